The van der Waals surface area contributed by atoms with Gasteiger partial charge in [-0.3, -0.25) is 9.80 Å². The summed E-state index contributed by atoms with van der Waals surface area (Å²) in [5.41, 5.74) is 6.00. The summed E-state index contributed by atoms with van der Waals surface area (Å²) < 4.78 is 8.32. The second-order valence-corrected chi connectivity index (χ2v) is 9.85. The summed E-state index contributed by atoms with van der Waals surface area (Å²) in [5.74, 6) is 1.11. The predicted molar refractivity (Wildman–Crippen MR) is 136 cm³/mol. The van der Waals surface area contributed by atoms with Crippen molar-refractivity contribution in [3.63, 3.8) is 0 Å². The molecule has 3 aliphatic heterocycles. The fourth-order valence-electron chi connectivity index (χ4n) is 5.45. The molecule has 4 heterocycles. The summed E-state index contributed by atoms with van der Waals surface area (Å²) in [6.45, 7) is 9.07. The van der Waals surface area contributed by atoms with Crippen molar-refractivity contribution in [1.29, 1.82) is 0 Å². The van der Waals surface area contributed by atoms with Crippen molar-refractivity contribution in [2.45, 2.75) is 13.0 Å². The van der Waals surface area contributed by atoms with Crippen LogP contribution in [0.4, 0.5) is 0 Å². The summed E-state index contributed by atoms with van der Waals surface area (Å²) in [6, 6.07) is 17.0. The van der Waals surface area contributed by atoms with Gasteiger partial charge in [-0.25, -0.2) is 0 Å². The van der Waals surface area contributed by atoms with Crippen molar-refractivity contribution in [1.82, 2.24) is 14.4 Å². The van der Waals surface area contributed by atoms with Crippen LogP contribution in [0.15, 0.2) is 65.5 Å². The van der Waals surface area contributed by atoms with E-state index in [1.54, 1.807) is 0 Å². The lowest BCUT2D eigenvalue weighted by atomic mass is 9.89. The lowest BCUT2D eigenvalue weighted by Crippen LogP contribution is -2.50. The fraction of sp³-hybridized carbons (Fsp3) is 0.393. The average molecular weight is 457 g/mol. The van der Waals surface area contributed by atoms with E-state index in [4.69, 9.17) is 9.57 Å². The molecule has 2 unspecified atom stereocenters. The second-order valence-electron chi connectivity index (χ2n) is 9.85. The average Bonchev–Trinajstić information content (AvgIpc) is 3.43. The molecule has 176 valence electrons. The Bertz CT molecular complexity index is 1240. The van der Waals surface area contributed by atoms with Crippen LogP contribution in [0.3, 0.4) is 0 Å². The first kappa shape index (κ1) is 21.4. The van der Waals surface area contributed by atoms with Crippen LogP contribution in [0.25, 0.3) is 17.0 Å². The molecule has 1 aromatic heterocycles. The van der Waals surface area contributed by atoms with Gasteiger partial charge in [-0.2, -0.15) is 0 Å². The van der Waals surface area contributed by atoms with Gasteiger partial charge in [-0.1, -0.05) is 47.1 Å². The first-order valence-corrected chi connectivity index (χ1v) is 12.3. The molecule has 1 fully saturated rings. The van der Waals surface area contributed by atoms with Crippen molar-refractivity contribution in [3.05, 3.63) is 71.4 Å². The largest absolute Gasteiger partial charge is 0.492 e. The highest BCUT2D eigenvalue weighted by Crippen LogP contribution is 2.37. The molecule has 2 aromatic carbocycles. The molecule has 1 saturated heterocycles. The van der Waals surface area contributed by atoms with E-state index in [1.807, 2.05) is 0 Å². The highest BCUT2D eigenvalue weighted by Gasteiger charge is 2.41. The van der Waals surface area contributed by atoms with Gasteiger partial charge in [0.1, 0.15) is 18.1 Å². The van der Waals surface area contributed by atoms with Crippen LogP contribution < -0.4 is 4.74 Å². The minimum atomic E-state index is 0.0564. The summed E-state index contributed by atoms with van der Waals surface area (Å²) in [7, 11) is 2.06. The first-order chi connectivity index (χ1) is 16.6. The Balaban J connectivity index is 1.05. The van der Waals surface area contributed by atoms with Crippen molar-refractivity contribution in [2.24, 2.45) is 18.1 Å². The molecule has 2 atom stereocenters. The van der Waals surface area contributed by atoms with Gasteiger partial charge in [0.25, 0.3) is 0 Å². The molecule has 3 aliphatic rings. The zero-order valence-corrected chi connectivity index (χ0v) is 20.0. The van der Waals surface area contributed by atoms with Gasteiger partial charge < -0.3 is 14.1 Å². The minimum absolute atomic E-state index is 0.0564. The van der Waals surface area contributed by atoms with Crippen LogP contribution in [0.2, 0.25) is 0 Å². The quantitative estimate of drug-likeness (QED) is 0.582. The van der Waals surface area contributed by atoms with Crippen LogP contribution in [0, 0.1) is 5.92 Å². The van der Waals surface area contributed by atoms with E-state index in [0.29, 0.717) is 6.61 Å². The Morgan fingerprint density at radius 3 is 2.68 bits per heavy atom. The van der Waals surface area contributed by atoms with Gasteiger partial charge in [0, 0.05) is 69.5 Å². The summed E-state index contributed by atoms with van der Waals surface area (Å²) in [6.07, 6.45) is 4.44. The van der Waals surface area contributed by atoms with Crippen LogP contribution in [0.1, 0.15) is 18.1 Å². The minimum Gasteiger partial charge on any atom is -0.492 e. The van der Waals surface area contributed by atoms with Gasteiger partial charge >= 0.3 is 0 Å². The zero-order chi connectivity index (χ0) is 23.1. The van der Waals surface area contributed by atoms with Crippen LogP contribution >= 0.6 is 0 Å². The molecule has 0 aliphatic carbocycles. The Labute approximate surface area is 201 Å². The molecule has 6 nitrogen and oxygen atoms in total. The van der Waals surface area contributed by atoms with Gasteiger partial charge in [0.05, 0.1) is 11.4 Å². The maximum atomic E-state index is 6.19. The molecular formula is C28H32N4O2. The standard InChI is InChI=1S/C28H32N4O2/c1-20(14-21-6-4-3-5-7-21)17-31-10-12-32(13-11-31)18-27-24-19-33-26-16-25-22(8-9-30(25)2)15-23(26)28(24)29-34-27/h3-9,14-16,24,27H,10-13,17-19H2,1-2H3. The molecular weight excluding hydrogens is 424 g/mol. The maximum absolute atomic E-state index is 6.19. The topological polar surface area (TPSA) is 42.2 Å². The third kappa shape index (κ3) is 4.12. The molecule has 6 heteroatoms. The van der Waals surface area contributed by atoms with Crippen molar-refractivity contribution < 1.29 is 9.57 Å². The Hall–Kier alpha value is -3.09. The Morgan fingerprint density at radius 1 is 1.06 bits per heavy atom. The van der Waals surface area contributed by atoms with Gasteiger partial charge in [-0.15, -0.1) is 0 Å². The van der Waals surface area contributed by atoms with E-state index in [-0.39, 0.29) is 12.0 Å². The third-order valence-electron chi connectivity index (χ3n) is 7.36. The van der Waals surface area contributed by atoms with E-state index < -0.39 is 0 Å². The number of nitrogens with zero attached hydrogens (tertiary/aromatic N) is 4. The molecule has 0 amide bonds. The number of rotatable bonds is 5. The summed E-state index contributed by atoms with van der Waals surface area (Å²) in [5, 5.41) is 5.75. The van der Waals surface area contributed by atoms with Crippen molar-refractivity contribution >= 4 is 22.7 Å². The lowest BCUT2D eigenvalue weighted by molar-refractivity contribution is 0.0101. The zero-order valence-electron chi connectivity index (χ0n) is 20.0. The second kappa shape index (κ2) is 8.93. The van der Waals surface area contributed by atoms with Crippen LogP contribution in [-0.4, -0.2) is 72.1 Å². The number of aromatic nitrogens is 1. The fourth-order valence-corrected chi connectivity index (χ4v) is 5.45. The molecule has 34 heavy (non-hydrogen) atoms. The molecule has 0 radical (unpaired) electrons. The SMILES string of the molecule is CC(=Cc1ccccc1)CN1CCN(CC2ON=C3c4cc5ccn(C)c5cc4OCC32)CC1. The number of hydrogen-bond donors (Lipinski definition) is 0. The summed E-state index contributed by atoms with van der Waals surface area (Å²) >= 11 is 0. The van der Waals surface area contributed by atoms with E-state index in [1.165, 1.54) is 22.0 Å². The van der Waals surface area contributed by atoms with Gasteiger partial charge in [-0.05, 0) is 24.6 Å². The van der Waals surface area contributed by atoms with Crippen LogP contribution in [-0.2, 0) is 11.9 Å². The molecule has 3 aromatic rings. The number of benzene rings is 2. The highest BCUT2D eigenvalue weighted by atomic mass is 16.6. The Morgan fingerprint density at radius 2 is 1.85 bits per heavy atom. The number of ether oxygens (including phenoxy) is 1. The predicted octanol–water partition coefficient (Wildman–Crippen LogP) is 4.01. The van der Waals surface area contributed by atoms with Gasteiger partial charge in [0.2, 0.25) is 0 Å². The molecule has 6 rings (SSSR count). The monoisotopic (exact) mass is 456 g/mol. The maximum Gasteiger partial charge on any atom is 0.151 e. The molecule has 0 spiro atoms. The smallest absolute Gasteiger partial charge is 0.151 e. The number of fused-ring (bicyclic) bond motifs is 4. The van der Waals surface area contributed by atoms with E-state index in [9.17, 15) is 0 Å². The van der Waals surface area contributed by atoms with Crippen molar-refractivity contribution in [3.8, 4) is 5.75 Å². The number of hydrogen-bond acceptors (Lipinski definition) is 5. The van der Waals surface area contributed by atoms with E-state index in [2.05, 4.69) is 94.3 Å². The lowest BCUT2D eigenvalue weighted by Gasteiger charge is -2.36. The van der Waals surface area contributed by atoms with Gasteiger partial charge in [0.15, 0.2) is 6.10 Å². The normalized spacial score (nSPS) is 23.2. The molecule has 0 saturated carbocycles. The number of aryl methyl sites for hydroxylation is 1. The first-order valence-electron chi connectivity index (χ1n) is 12.3. The highest BCUT2D eigenvalue weighted by molar-refractivity contribution is 6.08. The third-order valence-corrected chi connectivity index (χ3v) is 7.36. The van der Waals surface area contributed by atoms with E-state index >= 15 is 0 Å². The number of piperazine rings is 1. The molecule has 0 N–H and O–H groups in total. The Kier molecular flexibility index (Phi) is 5.63. The van der Waals surface area contributed by atoms with Crippen LogP contribution in [0.5, 0.6) is 5.75 Å². The van der Waals surface area contributed by atoms with E-state index in [0.717, 1.165) is 56.3 Å². The summed E-state index contributed by atoms with van der Waals surface area (Å²) in [4.78, 5) is 11.0. The molecule has 0 bridgehead atoms. The van der Waals surface area contributed by atoms with Crippen molar-refractivity contribution in [2.75, 3.05) is 45.9 Å². The number of oxime groups is 1.